The van der Waals surface area contributed by atoms with E-state index in [1.807, 2.05) is 12.1 Å². The van der Waals surface area contributed by atoms with Gasteiger partial charge in [-0.05, 0) is 55.9 Å². The summed E-state index contributed by atoms with van der Waals surface area (Å²) in [6, 6.07) is 7.99. The number of carbonyl (C=O) groups is 2. The van der Waals surface area contributed by atoms with E-state index < -0.39 is 0 Å². The third kappa shape index (κ3) is 6.40. The van der Waals surface area contributed by atoms with Crippen molar-refractivity contribution < 1.29 is 9.59 Å². The molecule has 0 unspecified atom stereocenters. The molecule has 5 heteroatoms. The Morgan fingerprint density at radius 2 is 1.76 bits per heavy atom. The van der Waals surface area contributed by atoms with Crippen molar-refractivity contribution in [3.8, 4) is 0 Å². The average molecular weight is 345 g/mol. The molecule has 2 amide bonds. The lowest BCUT2D eigenvalue weighted by molar-refractivity contribution is -0.132. The number of nitrogens with zero attached hydrogens (tertiary/aromatic N) is 2. The first-order valence-electron chi connectivity index (χ1n) is 9.36. The Kier molecular flexibility index (Phi) is 7.29. The highest BCUT2D eigenvalue weighted by Gasteiger charge is 2.15. The maximum absolute atomic E-state index is 12.2. The lowest BCUT2D eigenvalue weighted by Gasteiger charge is -2.28. The fourth-order valence-electron chi connectivity index (χ4n) is 3.04. The highest BCUT2D eigenvalue weighted by molar-refractivity contribution is 5.94. The number of amides is 2. The fourth-order valence-corrected chi connectivity index (χ4v) is 3.04. The minimum atomic E-state index is -0.148. The van der Waals surface area contributed by atoms with Crippen LogP contribution in [0.3, 0.4) is 0 Å². The largest absolute Gasteiger partial charge is 0.372 e. The van der Waals surface area contributed by atoms with Crippen LogP contribution in [0.1, 0.15) is 46.5 Å². The highest BCUT2D eigenvalue weighted by Crippen LogP contribution is 2.21. The van der Waals surface area contributed by atoms with Gasteiger partial charge in [0, 0.05) is 37.9 Å². The minimum absolute atomic E-state index is 0.0590. The molecule has 0 radical (unpaired) electrons. The van der Waals surface area contributed by atoms with E-state index in [4.69, 9.17) is 0 Å². The molecule has 0 spiro atoms. The number of piperidine rings is 1. The molecule has 0 saturated carbocycles. The maximum Gasteiger partial charge on any atom is 0.243 e. The predicted molar refractivity (Wildman–Crippen MR) is 103 cm³/mol. The summed E-state index contributed by atoms with van der Waals surface area (Å²) in [4.78, 5) is 27.9. The van der Waals surface area contributed by atoms with Crippen LogP contribution in [0, 0.1) is 5.92 Å². The lowest BCUT2D eigenvalue weighted by Crippen LogP contribution is -2.37. The zero-order chi connectivity index (χ0) is 18.2. The molecular weight excluding hydrogens is 314 g/mol. The Balaban J connectivity index is 1.87. The van der Waals surface area contributed by atoms with E-state index >= 15 is 0 Å². The predicted octanol–water partition coefficient (Wildman–Crippen LogP) is 3.51. The number of carbonyl (C=O) groups excluding carboxylic acids is 2. The van der Waals surface area contributed by atoms with Gasteiger partial charge in [0.2, 0.25) is 11.8 Å². The second-order valence-electron chi connectivity index (χ2n) is 7.27. The third-order valence-corrected chi connectivity index (χ3v) is 4.63. The molecule has 1 N–H and O–H groups in total. The van der Waals surface area contributed by atoms with Crippen LogP contribution in [0.4, 0.5) is 11.4 Å². The standard InChI is InChI=1S/C20H31N3O2/c1-16(2)11-14-23(17(3)24)15-20(25)21-18-7-9-19(10-8-18)22-12-5-4-6-13-22/h7-10,16H,4-6,11-15H2,1-3H3,(H,21,25). The van der Waals surface area contributed by atoms with Crippen molar-refractivity contribution in [2.24, 2.45) is 5.92 Å². The Bertz CT molecular complexity index is 563. The lowest BCUT2D eigenvalue weighted by atomic mass is 10.1. The molecule has 0 aliphatic carbocycles. The molecule has 25 heavy (non-hydrogen) atoms. The molecule has 1 saturated heterocycles. The van der Waals surface area contributed by atoms with Crippen LogP contribution >= 0.6 is 0 Å². The number of hydrogen-bond acceptors (Lipinski definition) is 3. The molecule has 1 aromatic carbocycles. The van der Waals surface area contributed by atoms with Crippen LogP contribution in [-0.4, -0.2) is 42.9 Å². The van der Waals surface area contributed by atoms with Gasteiger partial charge < -0.3 is 15.1 Å². The summed E-state index contributed by atoms with van der Waals surface area (Å²) in [5, 5.41) is 2.89. The van der Waals surface area contributed by atoms with Gasteiger partial charge in [0.25, 0.3) is 0 Å². The van der Waals surface area contributed by atoms with Gasteiger partial charge in [-0.1, -0.05) is 13.8 Å². The average Bonchev–Trinajstić information content (AvgIpc) is 2.59. The molecule has 0 bridgehead atoms. The van der Waals surface area contributed by atoms with E-state index in [2.05, 4.69) is 36.2 Å². The monoisotopic (exact) mass is 345 g/mol. The van der Waals surface area contributed by atoms with E-state index in [-0.39, 0.29) is 18.4 Å². The first-order chi connectivity index (χ1) is 12.0. The second-order valence-corrected chi connectivity index (χ2v) is 7.27. The van der Waals surface area contributed by atoms with Crippen LogP contribution in [0.5, 0.6) is 0 Å². The second kappa shape index (κ2) is 9.44. The zero-order valence-corrected chi connectivity index (χ0v) is 15.8. The number of anilines is 2. The smallest absolute Gasteiger partial charge is 0.243 e. The molecule has 1 aliphatic heterocycles. The Hall–Kier alpha value is -2.04. The summed E-state index contributed by atoms with van der Waals surface area (Å²) < 4.78 is 0. The van der Waals surface area contributed by atoms with Crippen molar-refractivity contribution in [3.63, 3.8) is 0 Å². The molecule has 138 valence electrons. The van der Waals surface area contributed by atoms with Gasteiger partial charge in [0.05, 0.1) is 6.54 Å². The fraction of sp³-hybridized carbons (Fsp3) is 0.600. The topological polar surface area (TPSA) is 52.7 Å². The van der Waals surface area contributed by atoms with E-state index in [0.717, 1.165) is 25.2 Å². The third-order valence-electron chi connectivity index (χ3n) is 4.63. The summed E-state index contributed by atoms with van der Waals surface area (Å²) in [7, 11) is 0. The van der Waals surface area contributed by atoms with Gasteiger partial charge >= 0.3 is 0 Å². The normalized spacial score (nSPS) is 14.5. The number of hydrogen-bond donors (Lipinski definition) is 1. The van der Waals surface area contributed by atoms with Crippen molar-refractivity contribution in [3.05, 3.63) is 24.3 Å². The van der Waals surface area contributed by atoms with Crippen LogP contribution in [0.15, 0.2) is 24.3 Å². The summed E-state index contributed by atoms with van der Waals surface area (Å²) in [5.41, 5.74) is 1.98. The molecule has 1 aliphatic rings. The van der Waals surface area contributed by atoms with Gasteiger partial charge in [0.1, 0.15) is 0 Å². The first-order valence-corrected chi connectivity index (χ1v) is 9.36. The highest BCUT2D eigenvalue weighted by atomic mass is 16.2. The van der Waals surface area contributed by atoms with Crippen molar-refractivity contribution in [1.29, 1.82) is 0 Å². The SMILES string of the molecule is CC(=O)N(CCC(C)C)CC(=O)Nc1ccc(N2CCCCC2)cc1. The van der Waals surface area contributed by atoms with E-state index in [1.165, 1.54) is 31.9 Å². The van der Waals surface area contributed by atoms with Crippen LogP contribution in [0.25, 0.3) is 0 Å². The van der Waals surface area contributed by atoms with Crippen LogP contribution in [-0.2, 0) is 9.59 Å². The molecule has 5 nitrogen and oxygen atoms in total. The quantitative estimate of drug-likeness (QED) is 0.823. The van der Waals surface area contributed by atoms with Gasteiger partial charge in [0.15, 0.2) is 0 Å². The van der Waals surface area contributed by atoms with Gasteiger partial charge in [-0.2, -0.15) is 0 Å². The Morgan fingerprint density at radius 3 is 2.32 bits per heavy atom. The van der Waals surface area contributed by atoms with Crippen molar-refractivity contribution in [1.82, 2.24) is 4.90 Å². The molecule has 1 heterocycles. The molecule has 0 atom stereocenters. The summed E-state index contributed by atoms with van der Waals surface area (Å²) in [6.07, 6.45) is 4.71. The van der Waals surface area contributed by atoms with Gasteiger partial charge in [-0.3, -0.25) is 9.59 Å². The van der Waals surface area contributed by atoms with Crippen molar-refractivity contribution in [2.45, 2.75) is 46.5 Å². The summed E-state index contributed by atoms with van der Waals surface area (Å²) in [5.74, 6) is 0.299. The Labute approximate surface area is 151 Å². The Morgan fingerprint density at radius 1 is 1.12 bits per heavy atom. The number of rotatable bonds is 7. The molecular formula is C20H31N3O2. The van der Waals surface area contributed by atoms with Crippen LogP contribution < -0.4 is 10.2 Å². The zero-order valence-electron chi connectivity index (χ0n) is 15.8. The summed E-state index contributed by atoms with van der Waals surface area (Å²) in [6.45, 7) is 8.68. The van der Waals surface area contributed by atoms with Gasteiger partial charge in [-0.15, -0.1) is 0 Å². The molecule has 1 aromatic rings. The van der Waals surface area contributed by atoms with E-state index in [0.29, 0.717) is 12.5 Å². The molecule has 0 aromatic heterocycles. The first kappa shape index (κ1) is 19.3. The van der Waals surface area contributed by atoms with E-state index in [9.17, 15) is 9.59 Å². The van der Waals surface area contributed by atoms with E-state index in [1.54, 1.807) is 4.90 Å². The molecule has 2 rings (SSSR count). The minimum Gasteiger partial charge on any atom is -0.372 e. The number of benzene rings is 1. The number of nitrogens with one attached hydrogen (secondary N) is 1. The van der Waals surface area contributed by atoms with Crippen LogP contribution in [0.2, 0.25) is 0 Å². The van der Waals surface area contributed by atoms with Crippen molar-refractivity contribution in [2.75, 3.05) is 36.4 Å². The molecule has 1 fully saturated rings. The van der Waals surface area contributed by atoms with Gasteiger partial charge in [-0.25, -0.2) is 0 Å². The summed E-state index contributed by atoms with van der Waals surface area (Å²) >= 11 is 0. The van der Waals surface area contributed by atoms with Crippen molar-refractivity contribution >= 4 is 23.2 Å². The maximum atomic E-state index is 12.2.